The van der Waals surface area contributed by atoms with Gasteiger partial charge in [0.1, 0.15) is 5.52 Å². The molecule has 1 aliphatic carbocycles. The van der Waals surface area contributed by atoms with Gasteiger partial charge in [0.15, 0.2) is 0 Å². The number of nitrogens with one attached hydrogen (secondary N) is 1. The molecule has 25 heavy (non-hydrogen) atoms. The van der Waals surface area contributed by atoms with E-state index in [-0.39, 0.29) is 0 Å². The van der Waals surface area contributed by atoms with Crippen LogP contribution in [0.2, 0.25) is 0 Å². The van der Waals surface area contributed by atoms with Gasteiger partial charge < -0.3 is 9.88 Å². The summed E-state index contributed by atoms with van der Waals surface area (Å²) in [6.07, 6.45) is 9.47. The molecule has 0 aliphatic heterocycles. The van der Waals surface area contributed by atoms with Gasteiger partial charge in [0, 0.05) is 29.0 Å². The van der Waals surface area contributed by atoms with Crippen LogP contribution in [-0.4, -0.2) is 25.6 Å². The standard InChI is InChI=1S/C18H17BrN6/c1-20-13-9-21-18(22-10-13)24-12-4-2-5-14(8-12)25-11-23-17-15(19)6-3-7-16(17)25/h3,6-7,9-12,14H,2,4-5,8H2,(H,21,22,24)/t12-,14+/m1/s1. The highest BCUT2D eigenvalue weighted by Crippen LogP contribution is 2.33. The lowest BCUT2D eigenvalue weighted by molar-refractivity contribution is 0.336. The highest BCUT2D eigenvalue weighted by molar-refractivity contribution is 9.10. The molecule has 2 heterocycles. The first-order valence-electron chi connectivity index (χ1n) is 8.31. The van der Waals surface area contributed by atoms with Crippen molar-refractivity contribution in [2.75, 3.05) is 5.32 Å². The molecule has 4 rings (SSSR count). The van der Waals surface area contributed by atoms with Crippen LogP contribution in [0.4, 0.5) is 11.6 Å². The molecule has 126 valence electrons. The average molecular weight is 397 g/mol. The van der Waals surface area contributed by atoms with E-state index >= 15 is 0 Å². The maximum Gasteiger partial charge on any atom is 0.223 e. The predicted molar refractivity (Wildman–Crippen MR) is 101 cm³/mol. The molecule has 0 spiro atoms. The highest BCUT2D eigenvalue weighted by atomic mass is 79.9. The van der Waals surface area contributed by atoms with E-state index in [9.17, 15) is 0 Å². The Morgan fingerprint density at radius 3 is 2.84 bits per heavy atom. The molecule has 0 radical (unpaired) electrons. The van der Waals surface area contributed by atoms with Crippen LogP contribution in [0.3, 0.4) is 0 Å². The van der Waals surface area contributed by atoms with Gasteiger partial charge in [-0.2, -0.15) is 0 Å². The summed E-state index contributed by atoms with van der Waals surface area (Å²) in [5.41, 5.74) is 2.64. The Labute approximate surface area is 154 Å². The maximum absolute atomic E-state index is 6.97. The second-order valence-electron chi connectivity index (χ2n) is 6.30. The molecule has 7 heteroatoms. The molecule has 0 unspecified atom stereocenters. The second-order valence-corrected chi connectivity index (χ2v) is 7.15. The number of fused-ring (bicyclic) bond motifs is 1. The molecule has 1 fully saturated rings. The first kappa shape index (κ1) is 16.0. The fourth-order valence-electron chi connectivity index (χ4n) is 3.50. The predicted octanol–water partition coefficient (Wildman–Crippen LogP) is 4.74. The topological polar surface area (TPSA) is 60.0 Å². The van der Waals surface area contributed by atoms with Gasteiger partial charge in [-0.3, -0.25) is 0 Å². The van der Waals surface area contributed by atoms with Crippen molar-refractivity contribution in [1.29, 1.82) is 0 Å². The number of rotatable bonds is 3. The number of anilines is 1. The Morgan fingerprint density at radius 2 is 2.04 bits per heavy atom. The average Bonchev–Trinajstić information content (AvgIpc) is 3.08. The summed E-state index contributed by atoms with van der Waals surface area (Å²) < 4.78 is 3.32. The molecule has 1 aromatic carbocycles. The van der Waals surface area contributed by atoms with Crippen molar-refractivity contribution in [1.82, 2.24) is 19.5 Å². The Morgan fingerprint density at radius 1 is 1.20 bits per heavy atom. The largest absolute Gasteiger partial charge is 0.352 e. The van der Waals surface area contributed by atoms with Gasteiger partial charge in [-0.15, -0.1) is 0 Å². The number of nitrogens with zero attached hydrogens (tertiary/aromatic N) is 5. The number of halogens is 1. The quantitative estimate of drug-likeness (QED) is 0.649. The molecular weight excluding hydrogens is 380 g/mol. The van der Waals surface area contributed by atoms with E-state index < -0.39 is 0 Å². The zero-order chi connectivity index (χ0) is 17.2. The normalized spacial score (nSPS) is 20.3. The fourth-order valence-corrected chi connectivity index (χ4v) is 3.96. The summed E-state index contributed by atoms with van der Waals surface area (Å²) in [6.45, 7) is 6.97. The van der Waals surface area contributed by atoms with Crippen LogP contribution in [0.15, 0.2) is 41.4 Å². The first-order valence-corrected chi connectivity index (χ1v) is 9.11. The third-order valence-electron chi connectivity index (χ3n) is 4.70. The summed E-state index contributed by atoms with van der Waals surface area (Å²) >= 11 is 3.58. The van der Waals surface area contributed by atoms with E-state index in [1.807, 2.05) is 12.4 Å². The smallest absolute Gasteiger partial charge is 0.223 e. The molecule has 0 bridgehead atoms. The summed E-state index contributed by atoms with van der Waals surface area (Å²) in [4.78, 5) is 16.4. The minimum absolute atomic E-state index is 0.321. The Hall–Kier alpha value is -2.46. The third-order valence-corrected chi connectivity index (χ3v) is 5.34. The zero-order valence-corrected chi connectivity index (χ0v) is 15.1. The van der Waals surface area contributed by atoms with Crippen molar-refractivity contribution in [3.8, 4) is 0 Å². The van der Waals surface area contributed by atoms with Gasteiger partial charge in [-0.1, -0.05) is 6.07 Å². The van der Waals surface area contributed by atoms with Gasteiger partial charge >= 0.3 is 0 Å². The molecule has 2 atom stereocenters. The van der Waals surface area contributed by atoms with Crippen LogP contribution >= 0.6 is 15.9 Å². The number of hydrogen-bond donors (Lipinski definition) is 1. The van der Waals surface area contributed by atoms with E-state index in [2.05, 4.69) is 57.7 Å². The van der Waals surface area contributed by atoms with Crippen molar-refractivity contribution in [2.24, 2.45) is 0 Å². The minimum atomic E-state index is 0.321. The lowest BCUT2D eigenvalue weighted by Gasteiger charge is -2.31. The van der Waals surface area contributed by atoms with Crippen LogP contribution in [0.5, 0.6) is 0 Å². The first-order chi connectivity index (χ1) is 12.2. The van der Waals surface area contributed by atoms with E-state index in [0.29, 0.717) is 23.7 Å². The van der Waals surface area contributed by atoms with Gasteiger partial charge in [0.05, 0.1) is 18.4 Å². The highest BCUT2D eigenvalue weighted by Gasteiger charge is 2.25. The van der Waals surface area contributed by atoms with E-state index in [1.54, 1.807) is 12.4 Å². The van der Waals surface area contributed by atoms with E-state index in [1.165, 1.54) is 0 Å². The van der Waals surface area contributed by atoms with Crippen molar-refractivity contribution in [3.05, 3.63) is 52.8 Å². The molecule has 2 aromatic heterocycles. The molecule has 1 saturated carbocycles. The summed E-state index contributed by atoms with van der Waals surface area (Å²) in [5.74, 6) is 0.594. The number of hydrogen-bond acceptors (Lipinski definition) is 4. The zero-order valence-electron chi connectivity index (χ0n) is 13.6. The van der Waals surface area contributed by atoms with Crippen LogP contribution in [-0.2, 0) is 0 Å². The molecule has 0 saturated heterocycles. The molecule has 6 nitrogen and oxygen atoms in total. The number of aromatic nitrogens is 4. The Bertz CT molecular complexity index is 927. The van der Waals surface area contributed by atoms with Crippen molar-refractivity contribution < 1.29 is 0 Å². The molecule has 1 aliphatic rings. The van der Waals surface area contributed by atoms with Gasteiger partial charge in [-0.05, 0) is 53.7 Å². The molecular formula is C18H17BrN6. The lowest BCUT2D eigenvalue weighted by Crippen LogP contribution is -2.29. The van der Waals surface area contributed by atoms with E-state index in [0.717, 1.165) is 41.2 Å². The monoisotopic (exact) mass is 396 g/mol. The summed E-state index contributed by atoms with van der Waals surface area (Å²) in [7, 11) is 0. The maximum atomic E-state index is 6.97. The van der Waals surface area contributed by atoms with Crippen molar-refractivity contribution >= 4 is 38.6 Å². The van der Waals surface area contributed by atoms with Gasteiger partial charge in [-0.25, -0.2) is 19.8 Å². The molecule has 0 amide bonds. The van der Waals surface area contributed by atoms with Crippen LogP contribution < -0.4 is 5.32 Å². The van der Waals surface area contributed by atoms with Gasteiger partial charge in [0.2, 0.25) is 11.6 Å². The van der Waals surface area contributed by atoms with Crippen LogP contribution in [0.1, 0.15) is 31.7 Å². The Balaban J connectivity index is 1.52. The lowest BCUT2D eigenvalue weighted by atomic mass is 9.90. The van der Waals surface area contributed by atoms with Crippen molar-refractivity contribution in [3.63, 3.8) is 0 Å². The Kier molecular flexibility index (Phi) is 4.36. The van der Waals surface area contributed by atoms with Crippen LogP contribution in [0.25, 0.3) is 15.9 Å². The second kappa shape index (κ2) is 6.81. The third kappa shape index (κ3) is 3.22. The number of benzene rings is 1. The fraction of sp³-hybridized carbons (Fsp3) is 0.333. The summed E-state index contributed by atoms with van der Waals surface area (Å²) in [5, 5.41) is 3.42. The number of imidazole rings is 1. The summed E-state index contributed by atoms with van der Waals surface area (Å²) in [6, 6.07) is 6.93. The SMILES string of the molecule is [C-]#[N+]c1cnc(N[C@@H]2CCC[C@H](n3cnc4c(Br)cccc43)C2)nc1. The van der Waals surface area contributed by atoms with Crippen LogP contribution in [0, 0.1) is 6.57 Å². The molecule has 1 N–H and O–H groups in total. The minimum Gasteiger partial charge on any atom is -0.352 e. The van der Waals surface area contributed by atoms with E-state index in [4.69, 9.17) is 6.57 Å². The molecule has 3 aromatic rings. The number of para-hydroxylation sites is 1. The van der Waals surface area contributed by atoms with Crippen molar-refractivity contribution in [2.45, 2.75) is 37.8 Å². The van der Waals surface area contributed by atoms with Gasteiger partial charge in [0.25, 0.3) is 0 Å².